The molecular weight excluding hydrogens is 360 g/mol. The number of carbonyl (C=O) groups excluding carboxylic acids is 2. The van der Waals surface area contributed by atoms with Gasteiger partial charge in [0.1, 0.15) is 5.75 Å². The predicted molar refractivity (Wildman–Crippen MR) is 89.8 cm³/mol. The number of rotatable bonds is 4. The van der Waals surface area contributed by atoms with E-state index in [9.17, 15) is 9.59 Å². The smallest absolute Gasteiger partial charge is 0.282 e. The average Bonchev–Trinajstić information content (AvgIpc) is 2.80. The fourth-order valence-electron chi connectivity index (χ4n) is 2.31. The number of amides is 2. The zero-order valence-electron chi connectivity index (χ0n) is 12.3. The van der Waals surface area contributed by atoms with Crippen LogP contribution in [0.25, 0.3) is 0 Å². The Kier molecular flexibility index (Phi) is 4.25. The Bertz CT molecular complexity index is 782. The summed E-state index contributed by atoms with van der Waals surface area (Å²) in [6, 6.07) is 12.2. The van der Waals surface area contributed by atoms with Crippen molar-refractivity contribution in [3.05, 3.63) is 63.6 Å². The quantitative estimate of drug-likeness (QED) is 0.609. The largest absolute Gasteiger partial charge is 0.493 e. The molecule has 0 spiro atoms. The van der Waals surface area contributed by atoms with E-state index in [-0.39, 0.29) is 0 Å². The van der Waals surface area contributed by atoms with Crippen LogP contribution in [0.4, 0.5) is 0 Å². The number of hydrogen-bond acceptors (Lipinski definition) is 4. The molecule has 0 radical (unpaired) electrons. The minimum absolute atomic E-state index is 0.369. The Morgan fingerprint density at radius 2 is 1.78 bits per heavy atom. The summed E-state index contributed by atoms with van der Waals surface area (Å²) in [7, 11) is 0. The Morgan fingerprint density at radius 1 is 1.13 bits per heavy atom. The van der Waals surface area contributed by atoms with Crippen LogP contribution in [0.5, 0.6) is 5.75 Å². The topological polar surface area (TPSA) is 59.0 Å². The van der Waals surface area contributed by atoms with Crippen LogP contribution in [0.3, 0.4) is 0 Å². The molecule has 0 saturated carbocycles. The molecular formula is C17H13BrN2O3. The molecule has 0 fully saturated rings. The van der Waals surface area contributed by atoms with Crippen LogP contribution in [0.1, 0.15) is 33.2 Å². The first-order valence-electron chi connectivity index (χ1n) is 7.06. The highest BCUT2D eigenvalue weighted by Crippen LogP contribution is 2.24. The summed E-state index contributed by atoms with van der Waals surface area (Å²) in [6.45, 7) is 2.39. The molecule has 0 saturated heterocycles. The normalized spacial score (nSPS) is 13.7. The van der Waals surface area contributed by atoms with E-state index in [2.05, 4.69) is 21.0 Å². The summed E-state index contributed by atoms with van der Waals surface area (Å²) in [6.07, 6.45) is 1.46. The van der Waals surface area contributed by atoms with Gasteiger partial charge in [-0.25, -0.2) is 0 Å². The minimum Gasteiger partial charge on any atom is -0.493 e. The Hall–Kier alpha value is -2.47. The van der Waals surface area contributed by atoms with Crippen molar-refractivity contribution >= 4 is 34.0 Å². The standard InChI is InChI=1S/C17H13BrN2O3/c1-2-23-15-8-7-12(18)9-11(15)10-19-20-16(21)13-5-3-4-6-14(13)17(20)22/h3-10H,2H2,1H3/b19-10+. The summed E-state index contributed by atoms with van der Waals surface area (Å²) in [5.74, 6) is -0.208. The van der Waals surface area contributed by atoms with Gasteiger partial charge in [0, 0.05) is 10.0 Å². The number of hydrazone groups is 1. The average molecular weight is 373 g/mol. The van der Waals surface area contributed by atoms with Crippen molar-refractivity contribution < 1.29 is 14.3 Å². The van der Waals surface area contributed by atoms with Gasteiger partial charge in [-0.1, -0.05) is 28.1 Å². The highest BCUT2D eigenvalue weighted by Gasteiger charge is 2.35. The number of hydrogen-bond donors (Lipinski definition) is 0. The zero-order valence-corrected chi connectivity index (χ0v) is 13.9. The first kappa shape index (κ1) is 15.4. The van der Waals surface area contributed by atoms with Crippen LogP contribution in [0.2, 0.25) is 0 Å². The van der Waals surface area contributed by atoms with E-state index in [4.69, 9.17) is 4.74 Å². The summed E-state index contributed by atoms with van der Waals surface area (Å²) >= 11 is 3.38. The SMILES string of the molecule is CCOc1ccc(Br)cc1/C=N/N1C(=O)c2ccccc2C1=O. The zero-order chi connectivity index (χ0) is 16.4. The molecule has 0 aromatic heterocycles. The van der Waals surface area contributed by atoms with Gasteiger partial charge in [0.15, 0.2) is 0 Å². The van der Waals surface area contributed by atoms with E-state index in [0.29, 0.717) is 29.0 Å². The Morgan fingerprint density at radius 3 is 2.39 bits per heavy atom. The van der Waals surface area contributed by atoms with Gasteiger partial charge < -0.3 is 4.74 Å². The third-order valence-corrected chi connectivity index (χ3v) is 3.85. The van der Waals surface area contributed by atoms with Crippen LogP contribution in [0.15, 0.2) is 52.0 Å². The second-order valence-electron chi connectivity index (χ2n) is 4.83. The molecule has 0 N–H and O–H groups in total. The first-order chi connectivity index (χ1) is 11.1. The molecule has 1 aliphatic heterocycles. The van der Waals surface area contributed by atoms with E-state index in [0.717, 1.165) is 9.48 Å². The summed E-state index contributed by atoms with van der Waals surface area (Å²) < 4.78 is 6.37. The van der Waals surface area contributed by atoms with Crippen LogP contribution in [-0.2, 0) is 0 Å². The molecule has 0 unspecified atom stereocenters. The first-order valence-corrected chi connectivity index (χ1v) is 7.85. The Balaban J connectivity index is 1.92. The summed E-state index contributed by atoms with van der Waals surface area (Å²) in [5.41, 5.74) is 1.42. The van der Waals surface area contributed by atoms with Gasteiger partial charge in [0.2, 0.25) is 0 Å². The second-order valence-corrected chi connectivity index (χ2v) is 5.74. The number of ether oxygens (including phenoxy) is 1. The van der Waals surface area contributed by atoms with Crippen molar-refractivity contribution in [2.24, 2.45) is 5.10 Å². The number of imide groups is 1. The van der Waals surface area contributed by atoms with Crippen molar-refractivity contribution in [2.75, 3.05) is 6.61 Å². The molecule has 1 heterocycles. The van der Waals surface area contributed by atoms with Crippen molar-refractivity contribution in [1.82, 2.24) is 5.01 Å². The lowest BCUT2D eigenvalue weighted by Gasteiger charge is -2.09. The highest BCUT2D eigenvalue weighted by atomic mass is 79.9. The molecule has 5 nitrogen and oxygen atoms in total. The summed E-state index contributed by atoms with van der Waals surface area (Å²) in [4.78, 5) is 24.5. The molecule has 2 amide bonds. The van der Waals surface area contributed by atoms with Crippen LogP contribution >= 0.6 is 15.9 Å². The van der Waals surface area contributed by atoms with Crippen LogP contribution in [0, 0.1) is 0 Å². The van der Waals surface area contributed by atoms with E-state index in [1.807, 2.05) is 19.1 Å². The van der Waals surface area contributed by atoms with Crippen molar-refractivity contribution in [3.8, 4) is 5.75 Å². The number of carbonyl (C=O) groups is 2. The third-order valence-electron chi connectivity index (χ3n) is 3.36. The number of fused-ring (bicyclic) bond motifs is 1. The van der Waals surface area contributed by atoms with Crippen molar-refractivity contribution in [1.29, 1.82) is 0 Å². The molecule has 1 aliphatic rings. The molecule has 0 aliphatic carbocycles. The van der Waals surface area contributed by atoms with Crippen LogP contribution in [-0.4, -0.2) is 29.6 Å². The van der Waals surface area contributed by atoms with Crippen LogP contribution < -0.4 is 4.74 Å². The molecule has 116 valence electrons. The fourth-order valence-corrected chi connectivity index (χ4v) is 2.69. The Labute approximate surface area is 141 Å². The number of benzene rings is 2. The van der Waals surface area contributed by atoms with Crippen molar-refractivity contribution in [2.45, 2.75) is 6.92 Å². The molecule has 0 atom stereocenters. The van der Waals surface area contributed by atoms with Gasteiger partial charge in [-0.2, -0.15) is 10.1 Å². The fraction of sp³-hybridized carbons (Fsp3) is 0.118. The predicted octanol–water partition coefficient (Wildman–Crippen LogP) is 3.48. The maximum Gasteiger partial charge on any atom is 0.282 e. The molecule has 2 aromatic carbocycles. The minimum atomic E-state index is -0.421. The molecule has 0 bridgehead atoms. The molecule has 23 heavy (non-hydrogen) atoms. The monoisotopic (exact) mass is 372 g/mol. The third kappa shape index (κ3) is 2.90. The highest BCUT2D eigenvalue weighted by molar-refractivity contribution is 9.10. The number of halogens is 1. The molecule has 2 aromatic rings. The lowest BCUT2D eigenvalue weighted by molar-refractivity contribution is 0.0660. The van der Waals surface area contributed by atoms with E-state index in [1.165, 1.54) is 6.21 Å². The van der Waals surface area contributed by atoms with Gasteiger partial charge in [-0.3, -0.25) is 9.59 Å². The molecule has 3 rings (SSSR count). The maximum absolute atomic E-state index is 12.3. The lowest BCUT2D eigenvalue weighted by atomic mass is 10.1. The van der Waals surface area contributed by atoms with E-state index < -0.39 is 11.8 Å². The van der Waals surface area contributed by atoms with Gasteiger partial charge in [-0.15, -0.1) is 0 Å². The second kappa shape index (κ2) is 6.34. The molecule has 6 heteroatoms. The van der Waals surface area contributed by atoms with E-state index in [1.54, 1.807) is 30.3 Å². The summed E-state index contributed by atoms with van der Waals surface area (Å²) in [5, 5.41) is 4.94. The van der Waals surface area contributed by atoms with Gasteiger partial charge >= 0.3 is 0 Å². The van der Waals surface area contributed by atoms with Crippen molar-refractivity contribution in [3.63, 3.8) is 0 Å². The number of nitrogens with zero attached hydrogens (tertiary/aromatic N) is 2. The van der Waals surface area contributed by atoms with Gasteiger partial charge in [0.25, 0.3) is 11.8 Å². The van der Waals surface area contributed by atoms with Gasteiger partial charge in [-0.05, 0) is 37.3 Å². The lowest BCUT2D eigenvalue weighted by Crippen LogP contribution is -2.24. The maximum atomic E-state index is 12.3. The van der Waals surface area contributed by atoms with Gasteiger partial charge in [0.05, 0.1) is 23.9 Å². The van der Waals surface area contributed by atoms with E-state index >= 15 is 0 Å².